The number of nitrogens with two attached hydrogens (primary N) is 1. The fraction of sp³-hybridized carbons (Fsp3) is 0.111. The van der Waals surface area contributed by atoms with Crippen molar-refractivity contribution in [1.82, 2.24) is 8.75 Å². The summed E-state index contributed by atoms with van der Waals surface area (Å²) in [7, 11) is 0. The van der Waals surface area contributed by atoms with Crippen molar-refractivity contribution in [2.45, 2.75) is 6.04 Å². The molecule has 15 heavy (non-hydrogen) atoms. The van der Waals surface area contributed by atoms with Gasteiger partial charge in [-0.3, -0.25) is 0 Å². The normalized spacial score (nSPS) is 12.7. The Labute approximate surface area is 95.0 Å². The Morgan fingerprint density at radius 3 is 2.87 bits per heavy atom. The van der Waals surface area contributed by atoms with Crippen molar-refractivity contribution in [1.29, 1.82) is 0 Å². The van der Waals surface area contributed by atoms with Gasteiger partial charge in [-0.25, -0.2) is 4.39 Å². The highest BCUT2D eigenvalue weighted by atomic mass is 35.5. The summed E-state index contributed by atoms with van der Waals surface area (Å²) in [4.78, 5) is 0. The first-order valence-corrected chi connectivity index (χ1v) is 5.27. The van der Waals surface area contributed by atoms with Gasteiger partial charge in [0, 0.05) is 10.6 Å². The lowest BCUT2D eigenvalue weighted by Gasteiger charge is -2.09. The van der Waals surface area contributed by atoms with E-state index in [0.29, 0.717) is 16.3 Å². The molecule has 78 valence electrons. The SMILES string of the molecule is NC(c1cnsn1)c1ccc(Cl)cc1F. The molecule has 0 fully saturated rings. The van der Waals surface area contributed by atoms with Crippen molar-refractivity contribution in [2.75, 3.05) is 0 Å². The topological polar surface area (TPSA) is 51.8 Å². The van der Waals surface area contributed by atoms with Crippen LogP contribution in [0, 0.1) is 5.82 Å². The number of hydrogen-bond acceptors (Lipinski definition) is 4. The monoisotopic (exact) mass is 243 g/mol. The highest BCUT2D eigenvalue weighted by Crippen LogP contribution is 2.23. The Hall–Kier alpha value is -1.04. The van der Waals surface area contributed by atoms with E-state index >= 15 is 0 Å². The van der Waals surface area contributed by atoms with Gasteiger partial charge in [-0.05, 0) is 12.1 Å². The van der Waals surface area contributed by atoms with Crippen molar-refractivity contribution in [3.63, 3.8) is 0 Å². The fourth-order valence-corrected chi connectivity index (χ4v) is 1.84. The number of halogens is 2. The molecule has 0 amide bonds. The number of hydrogen-bond donors (Lipinski definition) is 1. The maximum Gasteiger partial charge on any atom is 0.129 e. The van der Waals surface area contributed by atoms with E-state index in [0.717, 1.165) is 11.7 Å². The molecule has 1 unspecified atom stereocenters. The third-order valence-corrected chi connectivity index (χ3v) is 2.72. The van der Waals surface area contributed by atoms with Gasteiger partial charge in [0.05, 0.1) is 29.7 Å². The van der Waals surface area contributed by atoms with Gasteiger partial charge in [-0.1, -0.05) is 17.7 Å². The number of rotatable bonds is 2. The second-order valence-electron chi connectivity index (χ2n) is 2.98. The predicted octanol–water partition coefficient (Wildman–Crippen LogP) is 2.38. The van der Waals surface area contributed by atoms with Gasteiger partial charge in [0.2, 0.25) is 0 Å². The average Bonchev–Trinajstić information content (AvgIpc) is 2.69. The van der Waals surface area contributed by atoms with Crippen molar-refractivity contribution < 1.29 is 4.39 Å². The van der Waals surface area contributed by atoms with E-state index in [9.17, 15) is 4.39 Å². The summed E-state index contributed by atoms with van der Waals surface area (Å²) in [6.45, 7) is 0. The molecule has 0 saturated carbocycles. The smallest absolute Gasteiger partial charge is 0.129 e. The average molecular weight is 244 g/mol. The molecule has 0 bridgehead atoms. The van der Waals surface area contributed by atoms with Gasteiger partial charge in [0.25, 0.3) is 0 Å². The van der Waals surface area contributed by atoms with Crippen LogP contribution in [0.25, 0.3) is 0 Å². The van der Waals surface area contributed by atoms with Crippen molar-refractivity contribution in [2.24, 2.45) is 5.73 Å². The van der Waals surface area contributed by atoms with Crippen molar-refractivity contribution in [3.05, 3.63) is 46.5 Å². The molecule has 0 radical (unpaired) electrons. The van der Waals surface area contributed by atoms with Crippen LogP contribution in [0.5, 0.6) is 0 Å². The maximum atomic E-state index is 13.5. The molecular weight excluding hydrogens is 237 g/mol. The quantitative estimate of drug-likeness (QED) is 0.881. The highest BCUT2D eigenvalue weighted by Gasteiger charge is 2.15. The van der Waals surface area contributed by atoms with Crippen LogP contribution in [0.1, 0.15) is 17.3 Å². The summed E-state index contributed by atoms with van der Waals surface area (Å²) in [5.41, 5.74) is 6.76. The van der Waals surface area contributed by atoms with Crippen LogP contribution in [-0.2, 0) is 0 Å². The third-order valence-electron chi connectivity index (χ3n) is 1.99. The lowest BCUT2D eigenvalue weighted by molar-refractivity contribution is 0.598. The summed E-state index contributed by atoms with van der Waals surface area (Å²) < 4.78 is 21.3. The number of benzene rings is 1. The van der Waals surface area contributed by atoms with Gasteiger partial charge < -0.3 is 5.73 Å². The number of aromatic nitrogens is 2. The van der Waals surface area contributed by atoms with Crippen molar-refractivity contribution >= 4 is 23.3 Å². The summed E-state index contributed by atoms with van der Waals surface area (Å²) in [5.74, 6) is -0.428. The molecule has 0 aliphatic carbocycles. The summed E-state index contributed by atoms with van der Waals surface area (Å²) >= 11 is 6.68. The van der Waals surface area contributed by atoms with Gasteiger partial charge in [0.1, 0.15) is 5.82 Å². The third kappa shape index (κ3) is 2.14. The zero-order valence-electron chi connectivity index (χ0n) is 7.52. The first-order valence-electron chi connectivity index (χ1n) is 4.16. The highest BCUT2D eigenvalue weighted by molar-refractivity contribution is 6.99. The first-order chi connectivity index (χ1) is 7.18. The van der Waals surface area contributed by atoms with E-state index in [1.807, 2.05) is 0 Å². The fourth-order valence-electron chi connectivity index (χ4n) is 1.22. The Bertz CT molecular complexity index is 460. The maximum absolute atomic E-state index is 13.5. The standard InChI is InChI=1S/C9H7ClFN3S/c10-5-1-2-6(7(11)3-5)9(12)8-4-13-15-14-8/h1-4,9H,12H2. The number of nitrogens with zero attached hydrogens (tertiary/aromatic N) is 2. The molecule has 0 aliphatic heterocycles. The van der Waals surface area contributed by atoms with Crippen LogP contribution in [0.4, 0.5) is 4.39 Å². The van der Waals surface area contributed by atoms with Crippen LogP contribution in [0.2, 0.25) is 5.02 Å². The molecule has 1 aromatic carbocycles. The molecule has 2 rings (SSSR count). The second-order valence-corrected chi connectivity index (χ2v) is 3.97. The summed E-state index contributed by atoms with van der Waals surface area (Å²) in [5, 5.41) is 0.347. The Morgan fingerprint density at radius 2 is 2.27 bits per heavy atom. The lowest BCUT2D eigenvalue weighted by Crippen LogP contribution is -2.13. The molecule has 0 saturated heterocycles. The second kappa shape index (κ2) is 4.22. The van der Waals surface area contributed by atoms with E-state index < -0.39 is 11.9 Å². The molecule has 1 heterocycles. The Balaban J connectivity index is 2.38. The van der Waals surface area contributed by atoms with E-state index in [4.69, 9.17) is 17.3 Å². The van der Waals surface area contributed by atoms with E-state index in [1.54, 1.807) is 12.1 Å². The van der Waals surface area contributed by atoms with Gasteiger partial charge in [-0.2, -0.15) is 8.75 Å². The van der Waals surface area contributed by atoms with E-state index in [2.05, 4.69) is 8.75 Å². The molecule has 3 nitrogen and oxygen atoms in total. The zero-order valence-corrected chi connectivity index (χ0v) is 9.10. The lowest BCUT2D eigenvalue weighted by atomic mass is 10.1. The van der Waals surface area contributed by atoms with Gasteiger partial charge in [-0.15, -0.1) is 0 Å². The first kappa shape index (κ1) is 10.5. The molecule has 1 aromatic heterocycles. The Morgan fingerprint density at radius 1 is 1.47 bits per heavy atom. The van der Waals surface area contributed by atoms with Crippen LogP contribution in [-0.4, -0.2) is 8.75 Å². The van der Waals surface area contributed by atoms with Crippen molar-refractivity contribution in [3.8, 4) is 0 Å². The molecular formula is C9H7ClFN3S. The van der Waals surface area contributed by atoms with Gasteiger partial charge >= 0.3 is 0 Å². The van der Waals surface area contributed by atoms with E-state index in [1.165, 1.54) is 12.3 Å². The van der Waals surface area contributed by atoms with Crippen LogP contribution in [0.3, 0.4) is 0 Å². The minimum absolute atomic E-state index is 0.347. The Kier molecular flexibility index (Phi) is 2.95. The summed E-state index contributed by atoms with van der Waals surface area (Å²) in [6, 6.07) is 3.79. The van der Waals surface area contributed by atoms with Gasteiger partial charge in [0.15, 0.2) is 0 Å². The van der Waals surface area contributed by atoms with Crippen LogP contribution in [0.15, 0.2) is 24.4 Å². The largest absolute Gasteiger partial charge is 0.319 e. The minimum atomic E-state index is -0.596. The molecule has 2 N–H and O–H groups in total. The van der Waals surface area contributed by atoms with E-state index in [-0.39, 0.29) is 0 Å². The predicted molar refractivity (Wildman–Crippen MR) is 57.3 cm³/mol. The molecule has 6 heteroatoms. The molecule has 1 atom stereocenters. The van der Waals surface area contributed by atoms with Crippen LogP contribution < -0.4 is 5.73 Å². The summed E-state index contributed by atoms with van der Waals surface area (Å²) in [6.07, 6.45) is 1.53. The van der Waals surface area contributed by atoms with Crippen LogP contribution >= 0.6 is 23.3 Å². The molecule has 0 spiro atoms. The molecule has 2 aromatic rings. The minimum Gasteiger partial charge on any atom is -0.319 e. The molecule has 0 aliphatic rings. The zero-order chi connectivity index (χ0) is 10.8.